The van der Waals surface area contributed by atoms with E-state index in [4.69, 9.17) is 33.3 Å². The summed E-state index contributed by atoms with van der Waals surface area (Å²) in [7, 11) is 0. The second kappa shape index (κ2) is 5.86. The Hall–Kier alpha value is -2.64. The minimum Gasteiger partial charge on any atom is -0.478 e. The van der Waals surface area contributed by atoms with Crippen LogP contribution in [0, 0.1) is 0 Å². The number of rotatable bonds is 3. The number of hydrogen-bond donors (Lipinski definition) is 3. The van der Waals surface area contributed by atoms with Gasteiger partial charge in [0, 0.05) is 11.6 Å². The Morgan fingerprint density at radius 2 is 2.04 bits per heavy atom. The number of carbonyl (C=O) groups is 2. The third-order valence-corrected chi connectivity index (χ3v) is 3.63. The molecule has 1 aromatic carbocycles. The van der Waals surface area contributed by atoms with Crippen LogP contribution >= 0.6 is 23.8 Å². The van der Waals surface area contributed by atoms with Crippen LogP contribution in [0.5, 0.6) is 0 Å². The third-order valence-electron chi connectivity index (χ3n) is 3.12. The summed E-state index contributed by atoms with van der Waals surface area (Å²) in [4.78, 5) is 22.5. The van der Waals surface area contributed by atoms with E-state index in [1.165, 1.54) is 18.2 Å². The van der Waals surface area contributed by atoms with E-state index in [1.807, 2.05) is 0 Å². The van der Waals surface area contributed by atoms with Crippen molar-refractivity contribution in [2.24, 2.45) is 0 Å². The highest BCUT2D eigenvalue weighted by molar-refractivity contribution is 7.80. The zero-order chi connectivity index (χ0) is 16.6. The quantitative estimate of drug-likeness (QED) is 0.583. The van der Waals surface area contributed by atoms with Crippen LogP contribution in [-0.4, -0.2) is 22.1 Å². The fraction of sp³-hybridized carbons (Fsp3) is 0. The molecule has 1 aliphatic heterocycles. The average molecular weight is 349 g/mol. The molecule has 0 atom stereocenters. The summed E-state index contributed by atoms with van der Waals surface area (Å²) in [5.41, 5.74) is 0.934. The molecule has 8 heteroatoms. The zero-order valence-corrected chi connectivity index (χ0v) is 13.0. The standard InChI is InChI=1S/C15H9ClN2O4S/c16-10-5-7(1-3-9(10)14(20)21)12-4-2-8(22-12)6-11-13(19)18-15(23)17-11/h1-6H,(H,20,21)(H2,17,18,19,23)/b11-6+. The van der Waals surface area contributed by atoms with Crippen LogP contribution in [0.25, 0.3) is 17.4 Å². The summed E-state index contributed by atoms with van der Waals surface area (Å²) in [6, 6.07) is 7.89. The Balaban J connectivity index is 1.89. The number of benzene rings is 1. The second-order valence-electron chi connectivity index (χ2n) is 4.67. The smallest absolute Gasteiger partial charge is 0.337 e. The molecule has 0 saturated carbocycles. The molecule has 1 aromatic heterocycles. The van der Waals surface area contributed by atoms with Gasteiger partial charge in [-0.1, -0.05) is 17.7 Å². The van der Waals surface area contributed by atoms with E-state index in [0.29, 0.717) is 17.1 Å². The molecule has 2 heterocycles. The lowest BCUT2D eigenvalue weighted by Gasteiger charge is -2.01. The maximum absolute atomic E-state index is 11.6. The van der Waals surface area contributed by atoms with Crippen molar-refractivity contribution in [3.8, 4) is 11.3 Å². The predicted octanol–water partition coefficient (Wildman–Crippen LogP) is 2.64. The topological polar surface area (TPSA) is 91.6 Å². The lowest BCUT2D eigenvalue weighted by Crippen LogP contribution is -2.21. The molecule has 3 N–H and O–H groups in total. The molecule has 0 spiro atoms. The molecule has 116 valence electrons. The molecule has 1 amide bonds. The van der Waals surface area contributed by atoms with Gasteiger partial charge in [-0.3, -0.25) is 10.1 Å². The van der Waals surface area contributed by atoms with E-state index in [2.05, 4.69) is 10.6 Å². The SMILES string of the molecule is O=C1NC(=S)N/C1=C/c1ccc(-c2ccc(C(=O)O)c(Cl)c2)o1. The molecule has 0 bridgehead atoms. The molecule has 3 rings (SSSR count). The molecule has 23 heavy (non-hydrogen) atoms. The number of hydrogen-bond acceptors (Lipinski definition) is 4. The van der Waals surface area contributed by atoms with Crippen molar-refractivity contribution < 1.29 is 19.1 Å². The summed E-state index contributed by atoms with van der Waals surface area (Å²) < 4.78 is 5.62. The van der Waals surface area contributed by atoms with Gasteiger partial charge >= 0.3 is 5.97 Å². The molecule has 1 aliphatic rings. The van der Waals surface area contributed by atoms with Crippen molar-refractivity contribution in [3.63, 3.8) is 0 Å². The van der Waals surface area contributed by atoms with Gasteiger partial charge < -0.3 is 14.8 Å². The molecule has 2 aromatic rings. The molecule has 0 aliphatic carbocycles. The van der Waals surface area contributed by atoms with Crippen molar-refractivity contribution >= 4 is 46.9 Å². The minimum atomic E-state index is -1.10. The van der Waals surface area contributed by atoms with E-state index in [-0.39, 0.29) is 27.3 Å². The monoisotopic (exact) mass is 348 g/mol. The number of carboxylic acids is 1. The van der Waals surface area contributed by atoms with Crippen LogP contribution in [0.1, 0.15) is 16.1 Å². The van der Waals surface area contributed by atoms with Gasteiger partial charge in [-0.25, -0.2) is 4.79 Å². The van der Waals surface area contributed by atoms with Gasteiger partial charge in [0.15, 0.2) is 5.11 Å². The van der Waals surface area contributed by atoms with Gasteiger partial charge in [0.05, 0.1) is 10.6 Å². The second-order valence-corrected chi connectivity index (χ2v) is 5.48. The number of thiocarbonyl (C=S) groups is 1. The fourth-order valence-corrected chi connectivity index (χ4v) is 2.52. The van der Waals surface area contributed by atoms with Crippen LogP contribution in [0.3, 0.4) is 0 Å². The fourth-order valence-electron chi connectivity index (χ4n) is 2.05. The normalized spacial score (nSPS) is 15.6. The van der Waals surface area contributed by atoms with Gasteiger partial charge in [0.2, 0.25) is 0 Å². The number of aromatic carboxylic acids is 1. The zero-order valence-electron chi connectivity index (χ0n) is 11.4. The van der Waals surface area contributed by atoms with Crippen molar-refractivity contribution in [1.82, 2.24) is 10.6 Å². The van der Waals surface area contributed by atoms with Crippen molar-refractivity contribution in [2.45, 2.75) is 0 Å². The van der Waals surface area contributed by atoms with Crippen molar-refractivity contribution in [3.05, 3.63) is 52.4 Å². The summed E-state index contributed by atoms with van der Waals surface area (Å²) in [5.74, 6) is -0.486. The number of furan rings is 1. The highest BCUT2D eigenvalue weighted by Crippen LogP contribution is 2.28. The van der Waals surface area contributed by atoms with E-state index in [0.717, 1.165) is 0 Å². The summed E-state index contributed by atoms with van der Waals surface area (Å²) >= 11 is 10.8. The van der Waals surface area contributed by atoms with E-state index < -0.39 is 5.97 Å². The molecule has 0 unspecified atom stereocenters. The largest absolute Gasteiger partial charge is 0.478 e. The molecular weight excluding hydrogens is 340 g/mol. The highest BCUT2D eigenvalue weighted by Gasteiger charge is 2.20. The van der Waals surface area contributed by atoms with Gasteiger partial charge in [-0.15, -0.1) is 0 Å². The molecule has 0 radical (unpaired) electrons. The van der Waals surface area contributed by atoms with Gasteiger partial charge in [0.25, 0.3) is 5.91 Å². The number of halogens is 1. The minimum absolute atomic E-state index is 0.0182. The summed E-state index contributed by atoms with van der Waals surface area (Å²) in [5, 5.41) is 14.5. The van der Waals surface area contributed by atoms with E-state index in [1.54, 1.807) is 18.2 Å². The van der Waals surface area contributed by atoms with E-state index in [9.17, 15) is 9.59 Å². The number of nitrogens with one attached hydrogen (secondary N) is 2. The van der Waals surface area contributed by atoms with Crippen LogP contribution in [0.15, 0.2) is 40.4 Å². The molecule has 6 nitrogen and oxygen atoms in total. The first-order valence-corrected chi connectivity index (χ1v) is 7.20. The first-order valence-electron chi connectivity index (χ1n) is 6.41. The third kappa shape index (κ3) is 3.10. The maximum atomic E-state index is 11.6. The van der Waals surface area contributed by atoms with Gasteiger partial charge in [-0.2, -0.15) is 0 Å². The van der Waals surface area contributed by atoms with Crippen LogP contribution in [0.4, 0.5) is 0 Å². The lowest BCUT2D eigenvalue weighted by molar-refractivity contribution is -0.115. The number of carbonyl (C=O) groups excluding carboxylic acids is 1. The summed E-state index contributed by atoms with van der Waals surface area (Å²) in [6.07, 6.45) is 1.52. The molecular formula is C15H9ClN2O4S. The first-order chi connectivity index (χ1) is 10.9. The Morgan fingerprint density at radius 3 is 2.65 bits per heavy atom. The van der Waals surface area contributed by atoms with Crippen molar-refractivity contribution in [2.75, 3.05) is 0 Å². The Bertz CT molecular complexity index is 872. The maximum Gasteiger partial charge on any atom is 0.337 e. The van der Waals surface area contributed by atoms with Crippen molar-refractivity contribution in [1.29, 1.82) is 0 Å². The van der Waals surface area contributed by atoms with Gasteiger partial charge in [-0.05, 0) is 36.5 Å². The summed E-state index contributed by atoms with van der Waals surface area (Å²) in [6.45, 7) is 0. The Labute approximate surface area is 140 Å². The molecule has 1 fully saturated rings. The first kappa shape index (κ1) is 15.3. The van der Waals surface area contributed by atoms with Crippen LogP contribution < -0.4 is 10.6 Å². The van der Waals surface area contributed by atoms with Crippen LogP contribution in [-0.2, 0) is 4.79 Å². The number of amides is 1. The Morgan fingerprint density at radius 1 is 1.26 bits per heavy atom. The van der Waals surface area contributed by atoms with Gasteiger partial charge in [0.1, 0.15) is 17.2 Å². The average Bonchev–Trinajstić information content (AvgIpc) is 3.06. The highest BCUT2D eigenvalue weighted by atomic mass is 35.5. The van der Waals surface area contributed by atoms with E-state index >= 15 is 0 Å². The Kier molecular flexibility index (Phi) is 3.89. The number of carboxylic acid groups (broad SMARTS) is 1. The lowest BCUT2D eigenvalue weighted by atomic mass is 10.1. The predicted molar refractivity (Wildman–Crippen MR) is 88.0 cm³/mol. The molecule has 1 saturated heterocycles. The van der Waals surface area contributed by atoms with Crippen LogP contribution in [0.2, 0.25) is 5.02 Å².